The second-order valence-corrected chi connectivity index (χ2v) is 9.48. The van der Waals surface area contributed by atoms with E-state index in [9.17, 15) is 4.79 Å². The maximum absolute atomic E-state index is 13.5. The zero-order valence-corrected chi connectivity index (χ0v) is 19.9. The van der Waals surface area contributed by atoms with Crippen LogP contribution in [0.2, 0.25) is 0 Å². The Balaban J connectivity index is 1.61. The van der Waals surface area contributed by atoms with Crippen LogP contribution in [0.1, 0.15) is 61.3 Å². The van der Waals surface area contributed by atoms with E-state index in [1.165, 1.54) is 4.68 Å². The summed E-state index contributed by atoms with van der Waals surface area (Å²) in [5.74, 6) is 1.68. The molecule has 0 amide bonds. The lowest BCUT2D eigenvalue weighted by Gasteiger charge is -2.40. The molecular formula is C26H33N5O2. The molecule has 0 saturated carbocycles. The molecule has 0 bridgehead atoms. The molecule has 0 unspecified atom stereocenters. The monoisotopic (exact) mass is 447 g/mol. The summed E-state index contributed by atoms with van der Waals surface area (Å²) in [7, 11) is 1.57. The van der Waals surface area contributed by atoms with Crippen molar-refractivity contribution in [3.63, 3.8) is 0 Å². The number of carbonyl (C=O) groups excluding carboxylic acids is 1. The highest BCUT2D eigenvalue weighted by Gasteiger charge is 2.31. The Morgan fingerprint density at radius 1 is 1.06 bits per heavy atom. The quantitative estimate of drug-likeness (QED) is 0.597. The van der Waals surface area contributed by atoms with Crippen LogP contribution in [0, 0.1) is 0 Å². The van der Waals surface area contributed by atoms with Crippen molar-refractivity contribution in [1.82, 2.24) is 19.7 Å². The van der Waals surface area contributed by atoms with Gasteiger partial charge in [0, 0.05) is 18.0 Å². The number of hydrogen-bond acceptors (Lipinski definition) is 6. The Morgan fingerprint density at radius 3 is 2.39 bits per heavy atom. The van der Waals surface area contributed by atoms with Gasteiger partial charge in [0.15, 0.2) is 5.82 Å². The lowest BCUT2D eigenvalue weighted by Crippen LogP contribution is -2.45. The Morgan fingerprint density at radius 2 is 1.73 bits per heavy atom. The standard InChI is InChI=1S/C26H33N5O2/c1-26(2,3)30-16-14-20(15-17-30)23-28-25(27-18-19-10-6-5-7-11-19)31(29-23)24(32)21-12-8-9-13-22(21)33-4/h5-13,20H,14-18H2,1-4H3,(H,27,28,29). The fourth-order valence-corrected chi connectivity index (χ4v) is 4.28. The van der Waals surface area contributed by atoms with Gasteiger partial charge in [-0.25, -0.2) is 0 Å². The molecule has 33 heavy (non-hydrogen) atoms. The second kappa shape index (κ2) is 9.75. The summed E-state index contributed by atoms with van der Waals surface area (Å²) >= 11 is 0. The summed E-state index contributed by atoms with van der Waals surface area (Å²) in [5.41, 5.74) is 1.72. The van der Waals surface area contributed by atoms with Gasteiger partial charge in [-0.3, -0.25) is 9.69 Å². The average molecular weight is 448 g/mol. The minimum absolute atomic E-state index is 0.153. The van der Waals surface area contributed by atoms with E-state index in [0.717, 1.165) is 37.3 Å². The highest BCUT2D eigenvalue weighted by Crippen LogP contribution is 2.30. The molecule has 1 N–H and O–H groups in total. The van der Waals surface area contributed by atoms with Crippen LogP contribution in [0.25, 0.3) is 0 Å². The van der Waals surface area contributed by atoms with Crippen LogP contribution in [0.4, 0.5) is 5.95 Å². The number of aromatic nitrogens is 3. The number of benzene rings is 2. The number of nitrogens with one attached hydrogen (secondary N) is 1. The van der Waals surface area contributed by atoms with Gasteiger partial charge in [0.1, 0.15) is 5.75 Å². The van der Waals surface area contributed by atoms with Crippen molar-refractivity contribution in [1.29, 1.82) is 0 Å². The number of hydrogen-bond donors (Lipinski definition) is 1. The van der Waals surface area contributed by atoms with Crippen molar-refractivity contribution >= 4 is 11.9 Å². The third-order valence-electron chi connectivity index (χ3n) is 6.26. The molecule has 1 saturated heterocycles. The molecule has 174 valence electrons. The van der Waals surface area contributed by atoms with Gasteiger partial charge in [-0.2, -0.15) is 9.67 Å². The first-order chi connectivity index (χ1) is 15.9. The number of carbonyl (C=O) groups is 1. The summed E-state index contributed by atoms with van der Waals surface area (Å²) in [6.45, 7) is 9.29. The fourth-order valence-electron chi connectivity index (χ4n) is 4.28. The van der Waals surface area contributed by atoms with Crippen molar-refractivity contribution in [3.8, 4) is 5.75 Å². The molecule has 3 aromatic rings. The number of likely N-dealkylation sites (tertiary alicyclic amines) is 1. The van der Waals surface area contributed by atoms with Crippen molar-refractivity contribution in [2.75, 3.05) is 25.5 Å². The molecule has 1 aliphatic heterocycles. The van der Waals surface area contributed by atoms with Gasteiger partial charge in [-0.05, 0) is 64.4 Å². The summed E-state index contributed by atoms with van der Waals surface area (Å²) in [5, 5.41) is 8.03. The first-order valence-electron chi connectivity index (χ1n) is 11.5. The minimum atomic E-state index is -0.256. The van der Waals surface area contributed by atoms with Crippen LogP contribution < -0.4 is 10.1 Å². The molecule has 7 heteroatoms. The van der Waals surface area contributed by atoms with E-state index < -0.39 is 0 Å². The van der Waals surface area contributed by atoms with E-state index in [1.54, 1.807) is 19.2 Å². The van der Waals surface area contributed by atoms with Crippen LogP contribution in [0.15, 0.2) is 54.6 Å². The van der Waals surface area contributed by atoms with Gasteiger partial charge < -0.3 is 10.1 Å². The van der Waals surface area contributed by atoms with Gasteiger partial charge in [-0.15, -0.1) is 5.10 Å². The normalized spacial score (nSPS) is 15.4. The Labute approximate surface area is 195 Å². The van der Waals surface area contributed by atoms with Gasteiger partial charge in [0.2, 0.25) is 5.95 Å². The maximum Gasteiger partial charge on any atom is 0.285 e. The van der Waals surface area contributed by atoms with E-state index in [0.29, 0.717) is 23.8 Å². The largest absolute Gasteiger partial charge is 0.496 e. The fraction of sp³-hybridized carbons (Fsp3) is 0.423. The first kappa shape index (κ1) is 23.0. The van der Waals surface area contributed by atoms with Crippen molar-refractivity contribution < 1.29 is 9.53 Å². The Kier molecular flexibility index (Phi) is 6.79. The van der Waals surface area contributed by atoms with Gasteiger partial charge in [-0.1, -0.05) is 42.5 Å². The zero-order valence-electron chi connectivity index (χ0n) is 19.9. The molecular weight excluding hydrogens is 414 g/mol. The molecule has 0 aliphatic carbocycles. The molecule has 7 nitrogen and oxygen atoms in total. The summed E-state index contributed by atoms with van der Waals surface area (Å²) < 4.78 is 6.81. The predicted octanol–water partition coefficient (Wildman–Crippen LogP) is 4.57. The van der Waals surface area contributed by atoms with E-state index >= 15 is 0 Å². The van der Waals surface area contributed by atoms with Crippen molar-refractivity contribution in [3.05, 3.63) is 71.5 Å². The minimum Gasteiger partial charge on any atom is -0.496 e. The summed E-state index contributed by atoms with van der Waals surface area (Å²) in [6, 6.07) is 17.3. The lowest BCUT2D eigenvalue weighted by atomic mass is 9.92. The average Bonchev–Trinajstić information content (AvgIpc) is 3.26. The number of rotatable bonds is 6. The highest BCUT2D eigenvalue weighted by atomic mass is 16.5. The van der Waals surface area contributed by atoms with E-state index in [2.05, 4.69) is 31.0 Å². The Hall–Kier alpha value is -3.19. The molecule has 0 spiro atoms. The molecule has 1 aliphatic rings. The molecule has 0 radical (unpaired) electrons. The van der Waals surface area contributed by atoms with Gasteiger partial charge in [0.05, 0.1) is 12.7 Å². The maximum atomic E-state index is 13.5. The first-order valence-corrected chi connectivity index (χ1v) is 11.5. The van der Waals surface area contributed by atoms with Gasteiger partial charge in [0.25, 0.3) is 5.91 Å². The van der Waals surface area contributed by atoms with Crippen molar-refractivity contribution in [2.45, 2.75) is 51.6 Å². The van der Waals surface area contributed by atoms with Gasteiger partial charge >= 0.3 is 0 Å². The SMILES string of the molecule is COc1ccccc1C(=O)n1nc(C2CCN(C(C)(C)C)CC2)nc1NCc1ccccc1. The Bertz CT molecular complexity index is 1080. The summed E-state index contributed by atoms with van der Waals surface area (Å²) in [6.07, 6.45) is 1.95. The molecule has 2 heterocycles. The number of methoxy groups -OCH3 is 1. The molecule has 2 aromatic carbocycles. The molecule has 0 atom stereocenters. The lowest BCUT2D eigenvalue weighted by molar-refractivity contribution is 0.0940. The number of para-hydroxylation sites is 1. The predicted molar refractivity (Wildman–Crippen MR) is 130 cm³/mol. The number of anilines is 1. The third kappa shape index (κ3) is 5.25. The van der Waals surface area contributed by atoms with E-state index in [4.69, 9.17) is 14.8 Å². The summed E-state index contributed by atoms with van der Waals surface area (Å²) in [4.78, 5) is 20.8. The molecule has 4 rings (SSSR count). The number of ether oxygens (including phenoxy) is 1. The van der Waals surface area contributed by atoms with Crippen LogP contribution in [0.5, 0.6) is 5.75 Å². The third-order valence-corrected chi connectivity index (χ3v) is 6.26. The van der Waals surface area contributed by atoms with Crippen LogP contribution in [-0.2, 0) is 6.54 Å². The smallest absolute Gasteiger partial charge is 0.285 e. The zero-order chi connectivity index (χ0) is 23.4. The van der Waals surface area contributed by atoms with Crippen molar-refractivity contribution in [2.24, 2.45) is 0 Å². The van der Waals surface area contributed by atoms with Crippen LogP contribution >= 0.6 is 0 Å². The number of piperidine rings is 1. The molecule has 1 aromatic heterocycles. The van der Waals surface area contributed by atoms with E-state index in [-0.39, 0.29) is 17.4 Å². The topological polar surface area (TPSA) is 72.3 Å². The molecule has 1 fully saturated rings. The van der Waals surface area contributed by atoms with Crippen LogP contribution in [-0.4, -0.2) is 51.3 Å². The van der Waals surface area contributed by atoms with E-state index in [1.807, 2.05) is 42.5 Å². The number of nitrogens with zero attached hydrogens (tertiary/aromatic N) is 4. The second-order valence-electron chi connectivity index (χ2n) is 9.48. The highest BCUT2D eigenvalue weighted by molar-refractivity contribution is 5.99. The van der Waals surface area contributed by atoms with Crippen LogP contribution in [0.3, 0.4) is 0 Å².